The monoisotopic (exact) mass is 265 g/mol. The predicted molar refractivity (Wildman–Crippen MR) is 74.8 cm³/mol. The van der Waals surface area contributed by atoms with E-state index < -0.39 is 6.10 Å². The van der Waals surface area contributed by atoms with E-state index in [2.05, 4.69) is 18.9 Å². The van der Waals surface area contributed by atoms with Crippen molar-refractivity contribution in [2.45, 2.75) is 31.9 Å². The minimum atomic E-state index is -0.499. The van der Waals surface area contributed by atoms with E-state index in [1.54, 1.807) is 7.11 Å². The fourth-order valence-electron chi connectivity index (χ4n) is 2.63. The van der Waals surface area contributed by atoms with E-state index in [0.717, 1.165) is 36.4 Å². The normalized spacial score (nSPS) is 21.9. The lowest BCUT2D eigenvalue weighted by atomic mass is 9.96. The number of aliphatic hydroxyl groups is 1. The zero-order chi connectivity index (χ0) is 13.8. The van der Waals surface area contributed by atoms with Gasteiger partial charge in [0.1, 0.15) is 12.7 Å². The quantitative estimate of drug-likeness (QED) is 0.886. The Hall–Kier alpha value is -1.26. The van der Waals surface area contributed by atoms with Crippen molar-refractivity contribution in [1.82, 2.24) is 4.90 Å². The minimum absolute atomic E-state index is 0.0228. The van der Waals surface area contributed by atoms with Crippen molar-refractivity contribution in [3.63, 3.8) is 0 Å². The van der Waals surface area contributed by atoms with Crippen LogP contribution in [-0.2, 0) is 0 Å². The summed E-state index contributed by atoms with van der Waals surface area (Å²) in [6, 6.07) is 5.82. The topological polar surface area (TPSA) is 41.9 Å². The first-order valence-electron chi connectivity index (χ1n) is 6.87. The van der Waals surface area contributed by atoms with Gasteiger partial charge >= 0.3 is 0 Å². The summed E-state index contributed by atoms with van der Waals surface area (Å²) in [5, 5.41) is 10.2. The lowest BCUT2D eigenvalue weighted by Crippen LogP contribution is -2.40. The molecule has 2 atom stereocenters. The van der Waals surface area contributed by atoms with E-state index in [0.29, 0.717) is 6.61 Å². The fraction of sp³-hybridized carbons (Fsp3) is 0.600. The Balaban J connectivity index is 2.30. The lowest BCUT2D eigenvalue weighted by Gasteiger charge is -2.37. The summed E-state index contributed by atoms with van der Waals surface area (Å²) in [5.74, 6) is 1.50. The van der Waals surface area contributed by atoms with Crippen LogP contribution in [-0.4, -0.2) is 43.4 Å². The number of ether oxygens (including phenoxy) is 2. The molecule has 4 nitrogen and oxygen atoms in total. The SMILES string of the molecule is CCCCN(C)C1c2cccc(OC)c2OCC1O. The van der Waals surface area contributed by atoms with Gasteiger partial charge in [-0.3, -0.25) is 4.90 Å². The van der Waals surface area contributed by atoms with Crippen LogP contribution in [0.4, 0.5) is 0 Å². The molecular weight excluding hydrogens is 242 g/mol. The van der Waals surface area contributed by atoms with Gasteiger partial charge in [0.15, 0.2) is 11.5 Å². The molecule has 1 aromatic carbocycles. The molecule has 1 N–H and O–H groups in total. The first-order chi connectivity index (χ1) is 9.19. The second-order valence-corrected chi connectivity index (χ2v) is 5.04. The standard InChI is InChI=1S/C15H23NO3/c1-4-5-9-16(2)14-11-7-6-8-13(18-3)15(11)19-10-12(14)17/h6-8,12,14,17H,4-5,9-10H2,1-3H3. The van der Waals surface area contributed by atoms with Crippen LogP contribution in [0.1, 0.15) is 31.4 Å². The molecule has 4 heteroatoms. The van der Waals surface area contributed by atoms with Crippen LogP contribution in [0.2, 0.25) is 0 Å². The van der Waals surface area contributed by atoms with Gasteiger partial charge in [0.2, 0.25) is 0 Å². The van der Waals surface area contributed by atoms with Crippen LogP contribution < -0.4 is 9.47 Å². The number of hydrogen-bond acceptors (Lipinski definition) is 4. The van der Waals surface area contributed by atoms with Gasteiger partial charge < -0.3 is 14.6 Å². The van der Waals surface area contributed by atoms with Gasteiger partial charge in [-0.2, -0.15) is 0 Å². The number of unbranched alkanes of at least 4 members (excludes halogenated alkanes) is 1. The van der Waals surface area contributed by atoms with Crippen LogP contribution >= 0.6 is 0 Å². The van der Waals surface area contributed by atoms with E-state index >= 15 is 0 Å². The second-order valence-electron chi connectivity index (χ2n) is 5.04. The van der Waals surface area contributed by atoms with Gasteiger partial charge in [0.05, 0.1) is 13.2 Å². The molecule has 0 amide bonds. The highest BCUT2D eigenvalue weighted by Crippen LogP contribution is 2.41. The number of likely N-dealkylation sites (N-methyl/N-ethyl adjacent to an activating group) is 1. The molecule has 1 aliphatic heterocycles. The Labute approximate surface area is 114 Å². The van der Waals surface area contributed by atoms with Gasteiger partial charge in [-0.1, -0.05) is 25.5 Å². The van der Waals surface area contributed by atoms with E-state index in [9.17, 15) is 5.11 Å². The second kappa shape index (κ2) is 6.26. The fourth-order valence-corrected chi connectivity index (χ4v) is 2.63. The van der Waals surface area contributed by atoms with Crippen LogP contribution in [0.3, 0.4) is 0 Å². The summed E-state index contributed by atoms with van der Waals surface area (Å²) in [4.78, 5) is 2.20. The van der Waals surface area contributed by atoms with Crippen molar-refractivity contribution >= 4 is 0 Å². The Morgan fingerprint density at radius 2 is 2.26 bits per heavy atom. The molecule has 1 heterocycles. The highest BCUT2D eigenvalue weighted by atomic mass is 16.5. The number of para-hydroxylation sites is 1. The van der Waals surface area contributed by atoms with Gasteiger partial charge in [0.25, 0.3) is 0 Å². The number of fused-ring (bicyclic) bond motifs is 1. The molecular formula is C15H23NO3. The Bertz CT molecular complexity index is 422. The van der Waals surface area contributed by atoms with Crippen LogP contribution in [0.25, 0.3) is 0 Å². The van der Waals surface area contributed by atoms with Crippen molar-refractivity contribution in [3.8, 4) is 11.5 Å². The first kappa shape index (κ1) is 14.2. The Morgan fingerprint density at radius 3 is 2.95 bits per heavy atom. The van der Waals surface area contributed by atoms with Crippen molar-refractivity contribution in [2.24, 2.45) is 0 Å². The number of aliphatic hydroxyl groups excluding tert-OH is 1. The maximum absolute atomic E-state index is 10.2. The summed E-state index contributed by atoms with van der Waals surface area (Å²) in [6.45, 7) is 3.45. The first-order valence-corrected chi connectivity index (χ1v) is 6.87. The summed E-state index contributed by atoms with van der Waals surface area (Å²) in [7, 11) is 3.69. The average Bonchev–Trinajstić information content (AvgIpc) is 2.43. The molecule has 19 heavy (non-hydrogen) atoms. The number of hydrogen-bond donors (Lipinski definition) is 1. The molecule has 0 saturated heterocycles. The van der Waals surface area contributed by atoms with Gasteiger partial charge in [-0.15, -0.1) is 0 Å². The molecule has 106 valence electrons. The Morgan fingerprint density at radius 1 is 1.47 bits per heavy atom. The third-order valence-corrected chi connectivity index (χ3v) is 3.65. The molecule has 0 bridgehead atoms. The molecule has 2 unspecified atom stereocenters. The summed E-state index contributed by atoms with van der Waals surface area (Å²) < 4.78 is 11.0. The van der Waals surface area contributed by atoms with Crippen LogP contribution in [0.15, 0.2) is 18.2 Å². The van der Waals surface area contributed by atoms with Crippen LogP contribution in [0.5, 0.6) is 11.5 Å². The largest absolute Gasteiger partial charge is 0.493 e. The molecule has 0 aromatic heterocycles. The summed E-state index contributed by atoms with van der Waals surface area (Å²) in [5.41, 5.74) is 1.01. The van der Waals surface area contributed by atoms with Crippen molar-refractivity contribution in [1.29, 1.82) is 0 Å². The molecule has 1 aliphatic rings. The maximum atomic E-state index is 10.2. The number of benzene rings is 1. The van der Waals surface area contributed by atoms with Crippen LogP contribution in [0, 0.1) is 0 Å². The highest BCUT2D eigenvalue weighted by Gasteiger charge is 2.33. The predicted octanol–water partition coefficient (Wildman–Crippen LogP) is 2.22. The van der Waals surface area contributed by atoms with E-state index in [4.69, 9.17) is 9.47 Å². The molecule has 0 aliphatic carbocycles. The maximum Gasteiger partial charge on any atom is 0.166 e. The lowest BCUT2D eigenvalue weighted by molar-refractivity contribution is 0.00821. The van der Waals surface area contributed by atoms with Gasteiger partial charge in [0, 0.05) is 5.56 Å². The third kappa shape index (κ3) is 2.85. The molecule has 0 spiro atoms. The number of nitrogens with zero attached hydrogens (tertiary/aromatic N) is 1. The minimum Gasteiger partial charge on any atom is -0.493 e. The summed E-state index contributed by atoms with van der Waals surface area (Å²) >= 11 is 0. The van der Waals surface area contributed by atoms with Gasteiger partial charge in [-0.25, -0.2) is 0 Å². The Kier molecular flexibility index (Phi) is 4.66. The highest BCUT2D eigenvalue weighted by molar-refractivity contribution is 5.49. The summed E-state index contributed by atoms with van der Waals surface area (Å²) in [6.07, 6.45) is 1.77. The van der Waals surface area contributed by atoms with E-state index in [1.165, 1.54) is 0 Å². The van der Waals surface area contributed by atoms with E-state index in [1.807, 2.05) is 18.2 Å². The van der Waals surface area contributed by atoms with Crippen molar-refractivity contribution < 1.29 is 14.6 Å². The average molecular weight is 265 g/mol. The smallest absolute Gasteiger partial charge is 0.166 e. The zero-order valence-corrected chi connectivity index (χ0v) is 11.9. The molecule has 0 fully saturated rings. The van der Waals surface area contributed by atoms with Crippen molar-refractivity contribution in [2.75, 3.05) is 27.3 Å². The number of methoxy groups -OCH3 is 1. The van der Waals surface area contributed by atoms with Crippen molar-refractivity contribution in [3.05, 3.63) is 23.8 Å². The van der Waals surface area contributed by atoms with Gasteiger partial charge in [-0.05, 0) is 26.1 Å². The molecule has 0 saturated carbocycles. The molecule has 0 radical (unpaired) electrons. The van der Waals surface area contributed by atoms with E-state index in [-0.39, 0.29) is 6.04 Å². The number of rotatable bonds is 5. The molecule has 1 aromatic rings. The third-order valence-electron chi connectivity index (χ3n) is 3.65. The zero-order valence-electron chi connectivity index (χ0n) is 11.9. The molecule has 2 rings (SSSR count).